The maximum absolute atomic E-state index is 11.2. The number of hydrogen-bond acceptors (Lipinski definition) is 6. The van der Waals surface area contributed by atoms with Crippen LogP contribution in [-0.4, -0.2) is 38.5 Å². The van der Waals surface area contributed by atoms with Crippen LogP contribution >= 0.6 is 0 Å². The first-order chi connectivity index (χ1) is 13.0. The zero-order valence-electron chi connectivity index (χ0n) is 15.6. The molecule has 1 aliphatic carbocycles. The van der Waals surface area contributed by atoms with E-state index < -0.39 is 24.2 Å². The Balaban J connectivity index is 1.82. The number of rotatable bonds is 12. The van der Waals surface area contributed by atoms with Crippen molar-refractivity contribution in [1.29, 1.82) is 0 Å². The SMILES string of the molecule is O=NC(CC[C@@H]1[C@@H](CCCCCCC(=O)O)[C@@H](O)C[C@H]1O)c1cccnc1. The molecule has 1 aromatic rings. The van der Waals surface area contributed by atoms with Gasteiger partial charge in [0.15, 0.2) is 0 Å². The number of pyridine rings is 1. The van der Waals surface area contributed by atoms with Crippen LogP contribution in [0.1, 0.15) is 69.4 Å². The number of aromatic nitrogens is 1. The van der Waals surface area contributed by atoms with Gasteiger partial charge in [-0.3, -0.25) is 9.78 Å². The molecule has 0 aliphatic heterocycles. The van der Waals surface area contributed by atoms with Crippen LogP contribution in [0.15, 0.2) is 29.7 Å². The quantitative estimate of drug-likeness (QED) is 0.378. The maximum Gasteiger partial charge on any atom is 0.303 e. The molecule has 1 aromatic heterocycles. The summed E-state index contributed by atoms with van der Waals surface area (Å²) in [5.74, 6) is -0.794. The van der Waals surface area contributed by atoms with Crippen LogP contribution in [0.3, 0.4) is 0 Å². The minimum atomic E-state index is -0.767. The predicted octanol–water partition coefficient (Wildman–Crippen LogP) is 3.45. The maximum atomic E-state index is 11.2. The van der Waals surface area contributed by atoms with E-state index in [0.717, 1.165) is 31.2 Å². The highest BCUT2D eigenvalue weighted by Crippen LogP contribution is 2.40. The summed E-state index contributed by atoms with van der Waals surface area (Å²) in [4.78, 5) is 25.8. The second kappa shape index (κ2) is 11.1. The minimum Gasteiger partial charge on any atom is -0.481 e. The fourth-order valence-electron chi connectivity index (χ4n) is 4.19. The molecule has 0 spiro atoms. The summed E-state index contributed by atoms with van der Waals surface area (Å²) in [5, 5.41) is 32.5. The van der Waals surface area contributed by atoms with Crippen LogP contribution in [0.2, 0.25) is 0 Å². The monoisotopic (exact) mass is 378 g/mol. The van der Waals surface area contributed by atoms with Crippen LogP contribution in [0, 0.1) is 16.7 Å². The second-order valence-electron chi connectivity index (χ2n) is 7.53. The summed E-state index contributed by atoms with van der Waals surface area (Å²) in [6.07, 6.45) is 8.11. The van der Waals surface area contributed by atoms with E-state index in [2.05, 4.69) is 10.2 Å². The molecule has 2 rings (SSSR count). The lowest BCUT2D eigenvalue weighted by Crippen LogP contribution is -2.22. The van der Waals surface area contributed by atoms with E-state index in [-0.39, 0.29) is 18.3 Å². The number of carbonyl (C=O) groups is 1. The summed E-state index contributed by atoms with van der Waals surface area (Å²) in [6.45, 7) is 0. The molecule has 3 N–H and O–H groups in total. The van der Waals surface area contributed by atoms with Gasteiger partial charge in [0.1, 0.15) is 6.04 Å². The van der Waals surface area contributed by atoms with E-state index in [1.807, 2.05) is 6.07 Å². The van der Waals surface area contributed by atoms with Gasteiger partial charge in [-0.1, -0.05) is 30.5 Å². The molecule has 7 heteroatoms. The predicted molar refractivity (Wildman–Crippen MR) is 101 cm³/mol. The van der Waals surface area contributed by atoms with Crippen molar-refractivity contribution >= 4 is 5.97 Å². The number of carboxylic acid groups (broad SMARTS) is 1. The third-order valence-electron chi connectivity index (χ3n) is 5.67. The highest BCUT2D eigenvalue weighted by molar-refractivity contribution is 5.66. The Bertz CT molecular complexity index is 583. The average molecular weight is 378 g/mol. The normalized spacial score (nSPS) is 26.0. The Hall–Kier alpha value is -1.86. The van der Waals surface area contributed by atoms with Crippen LogP contribution in [0.4, 0.5) is 0 Å². The van der Waals surface area contributed by atoms with E-state index >= 15 is 0 Å². The van der Waals surface area contributed by atoms with Gasteiger partial charge in [0.05, 0.1) is 12.2 Å². The first-order valence-electron chi connectivity index (χ1n) is 9.83. The molecule has 0 amide bonds. The zero-order valence-corrected chi connectivity index (χ0v) is 15.6. The third kappa shape index (κ3) is 6.66. The van der Waals surface area contributed by atoms with Crippen molar-refractivity contribution in [2.24, 2.45) is 17.0 Å². The van der Waals surface area contributed by atoms with Crippen molar-refractivity contribution in [3.05, 3.63) is 35.0 Å². The molecule has 0 saturated heterocycles. The lowest BCUT2D eigenvalue weighted by molar-refractivity contribution is -0.137. The Morgan fingerprint density at radius 2 is 1.85 bits per heavy atom. The molecule has 0 bridgehead atoms. The molecular formula is C20H30N2O5. The molecule has 1 saturated carbocycles. The number of aliphatic carboxylic acids is 1. The van der Waals surface area contributed by atoms with Gasteiger partial charge in [-0.05, 0) is 55.6 Å². The Kier molecular flexibility index (Phi) is 8.81. The van der Waals surface area contributed by atoms with E-state index in [0.29, 0.717) is 25.7 Å². The molecule has 0 radical (unpaired) electrons. The smallest absolute Gasteiger partial charge is 0.303 e. The number of carboxylic acids is 1. The standard InChI is InChI=1S/C20H30N2O5/c23-18-12-19(24)16(15(18)7-3-1-2-4-8-20(25)26)9-10-17(22-27)14-6-5-11-21-13-14/h5-6,11,13,15-19,23-24H,1-4,7-10,12H2,(H,25,26)/t15-,16-,17?,18+,19-/m1/s1. The minimum absolute atomic E-state index is 0.0145. The molecule has 1 fully saturated rings. The Morgan fingerprint density at radius 1 is 1.15 bits per heavy atom. The van der Waals surface area contributed by atoms with Crippen molar-refractivity contribution < 1.29 is 20.1 Å². The number of nitrogens with zero attached hydrogens (tertiary/aromatic N) is 2. The lowest BCUT2D eigenvalue weighted by Gasteiger charge is -2.24. The summed E-state index contributed by atoms with van der Waals surface area (Å²) >= 11 is 0. The molecule has 1 aliphatic rings. The van der Waals surface area contributed by atoms with Crippen molar-refractivity contribution in [2.75, 3.05) is 0 Å². The number of hydrogen-bond donors (Lipinski definition) is 3. The van der Waals surface area contributed by atoms with Gasteiger partial charge in [0.2, 0.25) is 0 Å². The van der Waals surface area contributed by atoms with Crippen molar-refractivity contribution in [3.63, 3.8) is 0 Å². The molecule has 27 heavy (non-hydrogen) atoms. The summed E-state index contributed by atoms with van der Waals surface area (Å²) in [5.41, 5.74) is 0.774. The van der Waals surface area contributed by atoms with Gasteiger partial charge < -0.3 is 15.3 Å². The van der Waals surface area contributed by atoms with Gasteiger partial charge in [-0.15, -0.1) is 0 Å². The first-order valence-corrected chi connectivity index (χ1v) is 9.83. The lowest BCUT2D eigenvalue weighted by atomic mass is 9.84. The molecule has 1 heterocycles. The summed E-state index contributed by atoms with van der Waals surface area (Å²) < 4.78 is 0. The van der Waals surface area contributed by atoms with Gasteiger partial charge in [-0.2, -0.15) is 4.91 Å². The van der Waals surface area contributed by atoms with Crippen molar-refractivity contribution in [2.45, 2.75) is 76.0 Å². The number of aliphatic hydroxyl groups is 2. The Labute approximate surface area is 159 Å². The Morgan fingerprint density at radius 3 is 2.48 bits per heavy atom. The molecule has 0 aromatic carbocycles. The first kappa shape index (κ1) is 21.4. The van der Waals surface area contributed by atoms with E-state index in [1.165, 1.54) is 0 Å². The van der Waals surface area contributed by atoms with Crippen molar-refractivity contribution in [3.8, 4) is 0 Å². The topological polar surface area (TPSA) is 120 Å². The molecule has 7 nitrogen and oxygen atoms in total. The molecular weight excluding hydrogens is 348 g/mol. The van der Waals surface area contributed by atoms with Crippen LogP contribution in [-0.2, 0) is 4.79 Å². The number of nitroso groups, excluding NO2 is 1. The number of unbranched alkanes of at least 4 members (excludes halogenated alkanes) is 3. The molecule has 150 valence electrons. The van der Waals surface area contributed by atoms with Gasteiger partial charge in [0, 0.05) is 18.8 Å². The highest BCUT2D eigenvalue weighted by Gasteiger charge is 2.41. The van der Waals surface area contributed by atoms with Gasteiger partial charge in [-0.25, -0.2) is 0 Å². The average Bonchev–Trinajstić information content (AvgIpc) is 2.92. The largest absolute Gasteiger partial charge is 0.481 e. The van der Waals surface area contributed by atoms with E-state index in [4.69, 9.17) is 5.11 Å². The molecule has 1 unspecified atom stereocenters. The number of aliphatic hydroxyl groups excluding tert-OH is 2. The van der Waals surface area contributed by atoms with Crippen LogP contribution in [0.25, 0.3) is 0 Å². The van der Waals surface area contributed by atoms with Crippen molar-refractivity contribution in [1.82, 2.24) is 4.98 Å². The van der Waals surface area contributed by atoms with E-state index in [9.17, 15) is 19.9 Å². The van der Waals surface area contributed by atoms with E-state index in [1.54, 1.807) is 18.5 Å². The second-order valence-corrected chi connectivity index (χ2v) is 7.53. The fraction of sp³-hybridized carbons (Fsp3) is 0.700. The highest BCUT2D eigenvalue weighted by atomic mass is 16.4. The van der Waals surface area contributed by atoms with Crippen LogP contribution < -0.4 is 0 Å². The molecule has 5 atom stereocenters. The van der Waals surface area contributed by atoms with Crippen LogP contribution in [0.5, 0.6) is 0 Å². The summed E-state index contributed by atoms with van der Waals surface area (Å²) in [6, 6.07) is 3.11. The third-order valence-corrected chi connectivity index (χ3v) is 5.67. The fourth-order valence-corrected chi connectivity index (χ4v) is 4.19. The van der Waals surface area contributed by atoms with Gasteiger partial charge in [0.25, 0.3) is 0 Å². The summed E-state index contributed by atoms with van der Waals surface area (Å²) in [7, 11) is 0. The van der Waals surface area contributed by atoms with Gasteiger partial charge >= 0.3 is 5.97 Å². The zero-order chi connectivity index (χ0) is 19.6.